The standard InChI is InChI=1S/C26H17F6NS2/c1-14-19(8-11-34-14)22-23(25(29,30)26(31,32)24(22,27)28)20-13-21(35-15(20)2)18-5-3-4-17(12-18)16-6-9-33-10-7-16/h3-13H,1-2H3. The monoisotopic (exact) mass is 521 g/mol. The van der Waals surface area contributed by atoms with E-state index in [9.17, 15) is 17.6 Å². The predicted octanol–water partition coefficient (Wildman–Crippen LogP) is 8.99. The maximum Gasteiger partial charge on any atom is 0.380 e. The fourth-order valence-corrected chi connectivity index (χ4v) is 6.07. The smallest absolute Gasteiger partial charge is 0.265 e. The molecule has 0 saturated carbocycles. The average molecular weight is 522 g/mol. The SMILES string of the molecule is Cc1sccc1C1=C(c2cc(-c3cccc(-c4ccncc4)c3)sc2C)C(F)(F)C(F)(F)C1(F)F. The number of aryl methyl sites for hydroxylation is 2. The number of benzene rings is 1. The van der Waals surface area contributed by atoms with E-state index in [0.29, 0.717) is 10.4 Å². The number of pyridine rings is 1. The lowest BCUT2D eigenvalue weighted by Crippen LogP contribution is -2.48. The van der Waals surface area contributed by atoms with E-state index in [-0.39, 0.29) is 20.9 Å². The lowest BCUT2D eigenvalue weighted by atomic mass is 9.95. The number of nitrogens with zero attached hydrogens (tertiary/aromatic N) is 1. The minimum absolute atomic E-state index is 0.253. The Hall–Kier alpha value is -2.91. The molecule has 0 atom stereocenters. The van der Waals surface area contributed by atoms with E-state index in [0.717, 1.165) is 33.8 Å². The summed E-state index contributed by atoms with van der Waals surface area (Å²) in [6.07, 6.45) is 3.27. The zero-order valence-electron chi connectivity index (χ0n) is 18.4. The molecule has 3 heterocycles. The number of hydrogen-bond donors (Lipinski definition) is 0. The molecule has 1 aromatic carbocycles. The van der Waals surface area contributed by atoms with Crippen molar-refractivity contribution in [2.45, 2.75) is 31.6 Å². The summed E-state index contributed by atoms with van der Waals surface area (Å²) >= 11 is 2.13. The molecule has 0 bridgehead atoms. The molecule has 0 N–H and O–H groups in total. The molecule has 0 fully saturated rings. The minimum atomic E-state index is -5.56. The third kappa shape index (κ3) is 3.47. The van der Waals surface area contributed by atoms with Gasteiger partial charge in [-0.2, -0.15) is 26.3 Å². The van der Waals surface area contributed by atoms with Crippen molar-refractivity contribution in [3.63, 3.8) is 0 Å². The van der Waals surface area contributed by atoms with Gasteiger partial charge in [0.2, 0.25) is 0 Å². The number of thiophene rings is 2. The van der Waals surface area contributed by atoms with E-state index in [4.69, 9.17) is 0 Å². The number of hydrogen-bond acceptors (Lipinski definition) is 3. The Labute approximate surface area is 205 Å². The van der Waals surface area contributed by atoms with Crippen molar-refractivity contribution < 1.29 is 26.3 Å². The lowest BCUT2D eigenvalue weighted by molar-refractivity contribution is -0.254. The molecule has 0 unspecified atom stereocenters. The normalized spacial score (nSPS) is 18.3. The Morgan fingerprint density at radius 3 is 1.94 bits per heavy atom. The summed E-state index contributed by atoms with van der Waals surface area (Å²) in [5.41, 5.74) is -0.790. The number of aromatic nitrogens is 1. The van der Waals surface area contributed by atoms with Gasteiger partial charge in [-0.1, -0.05) is 18.2 Å². The molecule has 4 aromatic rings. The van der Waals surface area contributed by atoms with Gasteiger partial charge in [0.15, 0.2) is 0 Å². The summed E-state index contributed by atoms with van der Waals surface area (Å²) in [5.74, 6) is -15.6. The van der Waals surface area contributed by atoms with Crippen molar-refractivity contribution in [2.24, 2.45) is 0 Å². The third-order valence-corrected chi connectivity index (χ3v) is 8.09. The summed E-state index contributed by atoms with van der Waals surface area (Å²) in [5, 5.41) is 1.43. The van der Waals surface area contributed by atoms with E-state index in [1.54, 1.807) is 24.5 Å². The van der Waals surface area contributed by atoms with E-state index in [1.807, 2.05) is 24.3 Å². The van der Waals surface area contributed by atoms with Crippen molar-refractivity contribution in [3.8, 4) is 21.6 Å². The van der Waals surface area contributed by atoms with E-state index < -0.39 is 28.9 Å². The zero-order valence-corrected chi connectivity index (χ0v) is 20.0. The largest absolute Gasteiger partial charge is 0.380 e. The summed E-state index contributed by atoms with van der Waals surface area (Å²) in [4.78, 5) is 5.02. The molecule has 1 nitrogen and oxygen atoms in total. The van der Waals surface area contributed by atoms with Crippen LogP contribution in [0.1, 0.15) is 20.9 Å². The molecule has 3 aromatic heterocycles. The molecule has 0 aliphatic heterocycles. The molecule has 0 amide bonds. The zero-order chi connectivity index (χ0) is 25.2. The van der Waals surface area contributed by atoms with E-state index in [2.05, 4.69) is 4.98 Å². The molecule has 0 radical (unpaired) electrons. The first-order chi connectivity index (χ1) is 16.5. The van der Waals surface area contributed by atoms with Crippen LogP contribution < -0.4 is 0 Å². The van der Waals surface area contributed by atoms with Crippen molar-refractivity contribution >= 4 is 33.8 Å². The van der Waals surface area contributed by atoms with Crippen LogP contribution in [0.15, 0.2) is 66.3 Å². The number of allylic oxidation sites excluding steroid dienone is 2. The van der Waals surface area contributed by atoms with Gasteiger partial charge >= 0.3 is 17.8 Å². The highest BCUT2D eigenvalue weighted by Gasteiger charge is 2.80. The van der Waals surface area contributed by atoms with Gasteiger partial charge in [-0.3, -0.25) is 4.98 Å². The summed E-state index contributed by atoms with van der Waals surface area (Å²) in [6, 6.07) is 13.4. The van der Waals surface area contributed by atoms with Crippen LogP contribution in [-0.2, 0) is 0 Å². The molecule has 9 heteroatoms. The molecule has 0 saturated heterocycles. The molecule has 1 aliphatic rings. The van der Waals surface area contributed by atoms with Gasteiger partial charge in [0, 0.05) is 38.2 Å². The number of halogens is 6. The van der Waals surface area contributed by atoms with Gasteiger partial charge in [0.1, 0.15) is 0 Å². The second-order valence-corrected chi connectivity index (χ2v) is 10.6. The fraction of sp³-hybridized carbons (Fsp3) is 0.192. The maximum atomic E-state index is 15.1. The Kier molecular flexibility index (Phi) is 5.49. The van der Waals surface area contributed by atoms with Gasteiger partial charge in [-0.25, -0.2) is 0 Å². The third-order valence-electron chi connectivity index (χ3n) is 6.14. The quantitative estimate of drug-likeness (QED) is 0.244. The molecule has 35 heavy (non-hydrogen) atoms. The Balaban J connectivity index is 1.71. The molecule has 0 spiro atoms. The molecule has 5 rings (SSSR count). The summed E-state index contributed by atoms with van der Waals surface area (Å²) in [6.45, 7) is 2.93. The Morgan fingerprint density at radius 1 is 0.686 bits per heavy atom. The average Bonchev–Trinajstić information content (AvgIpc) is 3.44. The van der Waals surface area contributed by atoms with Gasteiger partial charge in [0.25, 0.3) is 0 Å². The first kappa shape index (κ1) is 23.8. The number of rotatable bonds is 4. The highest BCUT2D eigenvalue weighted by molar-refractivity contribution is 7.15. The highest BCUT2D eigenvalue weighted by atomic mass is 32.1. The summed E-state index contributed by atoms with van der Waals surface area (Å²) in [7, 11) is 0. The van der Waals surface area contributed by atoms with E-state index >= 15 is 8.78 Å². The second-order valence-electron chi connectivity index (χ2n) is 8.26. The van der Waals surface area contributed by atoms with Crippen molar-refractivity contribution in [1.82, 2.24) is 4.98 Å². The van der Waals surface area contributed by atoms with Crippen LogP contribution in [0.25, 0.3) is 32.7 Å². The molecular weight excluding hydrogens is 504 g/mol. The van der Waals surface area contributed by atoms with Gasteiger partial charge in [0.05, 0.1) is 0 Å². The molecule has 180 valence electrons. The van der Waals surface area contributed by atoms with Gasteiger partial charge < -0.3 is 0 Å². The van der Waals surface area contributed by atoms with Crippen LogP contribution >= 0.6 is 22.7 Å². The maximum absolute atomic E-state index is 15.1. The molecule has 1 aliphatic carbocycles. The second kappa shape index (κ2) is 8.06. The first-order valence-corrected chi connectivity index (χ1v) is 12.2. The van der Waals surface area contributed by atoms with Gasteiger partial charge in [-0.05, 0) is 77.4 Å². The first-order valence-electron chi connectivity index (χ1n) is 10.5. The summed E-state index contributed by atoms with van der Waals surface area (Å²) < 4.78 is 89.4. The minimum Gasteiger partial charge on any atom is -0.265 e. The van der Waals surface area contributed by atoms with Crippen LogP contribution in [0.5, 0.6) is 0 Å². The van der Waals surface area contributed by atoms with Crippen molar-refractivity contribution in [1.29, 1.82) is 0 Å². The fourth-order valence-electron chi connectivity index (χ4n) is 4.35. The van der Waals surface area contributed by atoms with Crippen LogP contribution in [-0.4, -0.2) is 22.8 Å². The van der Waals surface area contributed by atoms with Crippen molar-refractivity contribution in [3.05, 3.63) is 87.2 Å². The lowest BCUT2D eigenvalue weighted by Gasteiger charge is -2.25. The highest BCUT2D eigenvalue weighted by Crippen LogP contribution is 2.65. The topological polar surface area (TPSA) is 12.9 Å². The van der Waals surface area contributed by atoms with Crippen LogP contribution in [0.4, 0.5) is 26.3 Å². The van der Waals surface area contributed by atoms with Crippen LogP contribution in [0.2, 0.25) is 0 Å². The van der Waals surface area contributed by atoms with E-state index in [1.165, 1.54) is 31.4 Å². The molecular formula is C26H17F6NS2. The van der Waals surface area contributed by atoms with Gasteiger partial charge in [-0.15, -0.1) is 22.7 Å². The Morgan fingerprint density at radius 2 is 1.31 bits per heavy atom. The predicted molar refractivity (Wildman–Crippen MR) is 128 cm³/mol. The Bertz CT molecular complexity index is 1450. The van der Waals surface area contributed by atoms with Crippen LogP contribution in [0.3, 0.4) is 0 Å². The van der Waals surface area contributed by atoms with Crippen molar-refractivity contribution in [2.75, 3.05) is 0 Å². The number of alkyl halides is 6. The van der Waals surface area contributed by atoms with Crippen LogP contribution in [0, 0.1) is 13.8 Å².